The van der Waals surface area contributed by atoms with Gasteiger partial charge in [-0.05, 0) is 26.0 Å². The largest absolute Gasteiger partial charge is 0.481 e. The average Bonchev–Trinajstić information content (AvgIpc) is 3.58. The van der Waals surface area contributed by atoms with Crippen LogP contribution in [-0.4, -0.2) is 104 Å². The zero-order valence-electron chi connectivity index (χ0n) is 28.7. The van der Waals surface area contributed by atoms with E-state index in [-0.39, 0.29) is 29.7 Å². The summed E-state index contributed by atoms with van der Waals surface area (Å²) in [6, 6.07) is 2.90. The van der Waals surface area contributed by atoms with Crippen LogP contribution >= 0.6 is 0 Å². The molecule has 3 aromatic rings. The second-order valence-electron chi connectivity index (χ2n) is 11.3. The summed E-state index contributed by atoms with van der Waals surface area (Å²) in [5.74, 6) is -2.90. The fourth-order valence-electron chi connectivity index (χ4n) is 4.16. The molecular formula is C27H32F5N9O10S2. The zero-order chi connectivity index (χ0) is 40.1. The lowest BCUT2D eigenvalue weighted by Gasteiger charge is -2.14. The van der Waals surface area contributed by atoms with E-state index in [0.29, 0.717) is 4.68 Å². The molecular weight excluding hydrogens is 769 g/mol. The van der Waals surface area contributed by atoms with Crippen molar-refractivity contribution in [2.24, 2.45) is 12.2 Å². The van der Waals surface area contributed by atoms with E-state index in [2.05, 4.69) is 35.3 Å². The predicted molar refractivity (Wildman–Crippen MR) is 171 cm³/mol. The van der Waals surface area contributed by atoms with Crippen LogP contribution in [0, 0.1) is 0 Å². The number of aromatic nitrogens is 5. The number of hydrogen-bond acceptors (Lipinski definition) is 15. The molecule has 0 radical (unpaired) electrons. The van der Waals surface area contributed by atoms with Gasteiger partial charge in [0.15, 0.2) is 25.6 Å². The molecule has 2 N–H and O–H groups in total. The minimum Gasteiger partial charge on any atom is -0.481 e. The highest BCUT2D eigenvalue weighted by Crippen LogP contribution is 2.38. The maximum absolute atomic E-state index is 13.1. The first-order chi connectivity index (χ1) is 24.4. The quantitative estimate of drug-likeness (QED) is 0.281. The van der Waals surface area contributed by atoms with E-state index in [9.17, 15) is 48.4 Å². The van der Waals surface area contributed by atoms with E-state index in [4.69, 9.17) is 14.3 Å². The van der Waals surface area contributed by atoms with Crippen molar-refractivity contribution in [2.75, 3.05) is 33.6 Å². The van der Waals surface area contributed by atoms with E-state index < -0.39 is 83.1 Å². The molecule has 0 aliphatic carbocycles. The summed E-state index contributed by atoms with van der Waals surface area (Å²) in [5.41, 5.74) is -3.75. The highest BCUT2D eigenvalue weighted by Gasteiger charge is 2.43. The van der Waals surface area contributed by atoms with Crippen molar-refractivity contribution in [1.29, 1.82) is 0 Å². The molecule has 0 saturated carbocycles. The van der Waals surface area contributed by atoms with Gasteiger partial charge >= 0.3 is 18.8 Å². The van der Waals surface area contributed by atoms with Crippen LogP contribution in [0.2, 0.25) is 0 Å². The normalized spacial score (nSPS) is 13.9. The number of nitrogens with zero attached hydrogens (tertiary/aromatic N) is 7. The number of rotatable bonds is 10. The van der Waals surface area contributed by atoms with Crippen molar-refractivity contribution in [3.8, 4) is 17.6 Å². The molecule has 0 unspecified atom stereocenters. The summed E-state index contributed by atoms with van der Waals surface area (Å²) in [4.78, 5) is 41.8. The molecule has 292 valence electrons. The number of aryl methyl sites for hydroxylation is 1. The van der Waals surface area contributed by atoms with Crippen LogP contribution in [0.25, 0.3) is 0 Å². The molecule has 0 bridgehead atoms. The standard InChI is InChI=1S/C15H18N6O6S.C12H14F5N3O4S/c1-21(2)13(22)9-6-5-7-16-12(9)28(24,25)20-15(23)19-14-17-10(26-3)8-11(18-14)27-4;1-11(2)4-7(19-24-11)25(21,22)5-6-8(12(15,16)17)18-20(3)9(6)23-10(13)14/h5-8H,1-4H3,(H2,17,18,19,20,23);10H,4-5H2,1-3H3. The third kappa shape index (κ3) is 10.8. The number of amides is 3. The summed E-state index contributed by atoms with van der Waals surface area (Å²) >= 11 is 0. The Hall–Kier alpha value is -5.40. The fourth-order valence-corrected chi connectivity index (χ4v) is 6.72. The molecule has 0 saturated heterocycles. The number of pyridine rings is 1. The van der Waals surface area contributed by atoms with Gasteiger partial charge in [0.05, 0.1) is 37.2 Å². The van der Waals surface area contributed by atoms with Crippen molar-refractivity contribution in [1.82, 2.24) is 34.4 Å². The first-order valence-electron chi connectivity index (χ1n) is 14.4. The van der Waals surface area contributed by atoms with Gasteiger partial charge < -0.3 is 23.9 Å². The number of halogens is 5. The summed E-state index contributed by atoms with van der Waals surface area (Å²) in [6.45, 7) is -0.380. The molecule has 0 atom stereocenters. The van der Waals surface area contributed by atoms with E-state index in [1.165, 1.54) is 71.5 Å². The van der Waals surface area contributed by atoms with Crippen LogP contribution in [0.5, 0.6) is 17.6 Å². The molecule has 26 heteroatoms. The zero-order valence-corrected chi connectivity index (χ0v) is 30.4. The molecule has 4 rings (SSSR count). The van der Waals surface area contributed by atoms with E-state index in [0.717, 1.165) is 7.05 Å². The van der Waals surface area contributed by atoms with Crippen LogP contribution in [0.1, 0.15) is 41.9 Å². The van der Waals surface area contributed by atoms with Gasteiger partial charge in [0, 0.05) is 33.8 Å². The van der Waals surface area contributed by atoms with Crippen molar-refractivity contribution in [3.63, 3.8) is 0 Å². The number of ether oxygens (including phenoxy) is 3. The second-order valence-corrected chi connectivity index (χ2v) is 14.9. The van der Waals surface area contributed by atoms with Crippen LogP contribution in [0.3, 0.4) is 0 Å². The Bertz CT molecular complexity index is 2070. The lowest BCUT2D eigenvalue weighted by Crippen LogP contribution is -2.36. The predicted octanol–water partition coefficient (Wildman–Crippen LogP) is 2.57. The first kappa shape index (κ1) is 42.0. The van der Waals surface area contributed by atoms with Crippen molar-refractivity contribution in [2.45, 2.75) is 49.4 Å². The number of nitrogens with one attached hydrogen (secondary N) is 2. The lowest BCUT2D eigenvalue weighted by atomic mass is 10.1. The van der Waals surface area contributed by atoms with Gasteiger partial charge in [-0.15, -0.1) is 0 Å². The van der Waals surface area contributed by atoms with Crippen LogP contribution < -0.4 is 24.2 Å². The van der Waals surface area contributed by atoms with E-state index >= 15 is 0 Å². The van der Waals surface area contributed by atoms with Gasteiger partial charge in [-0.2, -0.15) is 45.4 Å². The Balaban J connectivity index is 0.000000287. The molecule has 0 spiro atoms. The Morgan fingerprint density at radius 3 is 2.19 bits per heavy atom. The van der Waals surface area contributed by atoms with Crippen molar-refractivity contribution in [3.05, 3.63) is 41.2 Å². The van der Waals surface area contributed by atoms with Crippen LogP contribution in [0.15, 0.2) is 34.6 Å². The second kappa shape index (κ2) is 16.1. The topological polar surface area (TPSA) is 235 Å². The van der Waals surface area contributed by atoms with Gasteiger partial charge in [0.25, 0.3) is 15.9 Å². The SMILES string of the molecule is COc1cc(OC)nc(NC(=O)NS(=O)(=O)c2ncccc2C(=O)N(C)C)n1.Cn1nc(C(F)(F)F)c(CS(=O)(=O)C2=NOC(C)(C)C2)c1OC(F)F. The number of anilines is 1. The molecule has 1 aliphatic heterocycles. The molecule has 53 heavy (non-hydrogen) atoms. The smallest absolute Gasteiger partial charge is 0.435 e. The number of carbonyl (C=O) groups excluding carboxylic acids is 2. The monoisotopic (exact) mass is 801 g/mol. The van der Waals surface area contributed by atoms with Gasteiger partial charge in [0.1, 0.15) is 5.60 Å². The first-order valence-corrected chi connectivity index (χ1v) is 17.6. The molecule has 0 aromatic carbocycles. The minimum atomic E-state index is -5.06. The average molecular weight is 802 g/mol. The van der Waals surface area contributed by atoms with E-state index in [1.807, 2.05) is 0 Å². The molecule has 0 fully saturated rings. The Labute approximate surface area is 298 Å². The van der Waals surface area contributed by atoms with Gasteiger partial charge in [-0.25, -0.2) is 27.6 Å². The summed E-state index contributed by atoms with van der Waals surface area (Å²) in [6.07, 6.45) is -4.03. The minimum absolute atomic E-state index is 0.0913. The molecule has 4 heterocycles. The van der Waals surface area contributed by atoms with E-state index in [1.54, 1.807) is 4.72 Å². The van der Waals surface area contributed by atoms with Gasteiger partial charge in [-0.3, -0.25) is 10.1 Å². The van der Waals surface area contributed by atoms with Crippen LogP contribution in [0.4, 0.5) is 32.7 Å². The van der Waals surface area contributed by atoms with Gasteiger partial charge in [-0.1, -0.05) is 5.16 Å². The number of methoxy groups -OCH3 is 2. The van der Waals surface area contributed by atoms with Gasteiger partial charge in [0.2, 0.25) is 23.6 Å². The fraction of sp³-hybridized carbons (Fsp3) is 0.444. The Morgan fingerprint density at radius 2 is 1.70 bits per heavy atom. The number of hydrogen-bond donors (Lipinski definition) is 2. The number of oxime groups is 1. The highest BCUT2D eigenvalue weighted by molar-refractivity contribution is 8.05. The highest BCUT2D eigenvalue weighted by atomic mass is 32.2. The number of sulfone groups is 1. The number of carbonyl (C=O) groups is 2. The maximum atomic E-state index is 13.1. The summed E-state index contributed by atoms with van der Waals surface area (Å²) in [7, 11) is -2.28. The lowest BCUT2D eigenvalue weighted by molar-refractivity contribution is -0.142. The molecule has 3 amide bonds. The maximum Gasteiger partial charge on any atom is 0.435 e. The Morgan fingerprint density at radius 1 is 1.09 bits per heavy atom. The Kier molecular flexibility index (Phi) is 12.8. The third-order valence-corrected chi connectivity index (χ3v) is 9.33. The molecule has 3 aromatic heterocycles. The number of sulfonamides is 1. The number of alkyl halides is 5. The molecule has 1 aliphatic rings. The van der Waals surface area contributed by atoms with Crippen molar-refractivity contribution < 1.29 is 67.4 Å². The van der Waals surface area contributed by atoms with Crippen LogP contribution in [-0.2, 0) is 43.7 Å². The summed E-state index contributed by atoms with van der Waals surface area (Å²) < 4.78 is 130. The molecule has 19 nitrogen and oxygen atoms in total. The number of urea groups is 1. The van der Waals surface area contributed by atoms with Crippen molar-refractivity contribution >= 4 is 42.8 Å². The summed E-state index contributed by atoms with van der Waals surface area (Å²) in [5, 5.41) is 7.54. The third-order valence-electron chi connectivity index (χ3n) is 6.43.